The molecule has 0 bridgehead atoms. The van der Waals surface area contributed by atoms with Crippen LogP contribution in [0.4, 0.5) is 17.1 Å². The molecule has 0 spiro atoms. The Hall–Kier alpha value is -3.50. The maximum absolute atomic E-state index is 12.7. The molecule has 2 heterocycles. The SMILES string of the molecule is O=c1oc2c(c(N(c3ccccc3)c3ccccc3)c1Cl)COc1ccccc1-2. The first-order valence-electron chi connectivity index (χ1n) is 9.22. The third-order valence-corrected chi connectivity index (χ3v) is 5.23. The highest BCUT2D eigenvalue weighted by atomic mass is 35.5. The third kappa shape index (κ3) is 2.98. The van der Waals surface area contributed by atoms with Crippen molar-refractivity contribution in [1.82, 2.24) is 0 Å². The van der Waals surface area contributed by atoms with Crippen molar-refractivity contribution in [3.63, 3.8) is 0 Å². The molecule has 0 saturated carbocycles. The van der Waals surface area contributed by atoms with Crippen molar-refractivity contribution in [2.75, 3.05) is 4.90 Å². The lowest BCUT2D eigenvalue weighted by molar-refractivity contribution is 0.294. The van der Waals surface area contributed by atoms with Crippen LogP contribution in [0, 0.1) is 0 Å². The van der Waals surface area contributed by atoms with E-state index in [1.807, 2.05) is 89.8 Å². The van der Waals surface area contributed by atoms with E-state index in [9.17, 15) is 4.79 Å². The Bertz CT molecular complexity index is 1200. The van der Waals surface area contributed by atoms with Crippen molar-refractivity contribution >= 4 is 28.7 Å². The van der Waals surface area contributed by atoms with Gasteiger partial charge in [0, 0.05) is 11.4 Å². The number of fused-ring (bicyclic) bond motifs is 3. The number of halogens is 1. The molecular formula is C24H16ClNO3. The minimum absolute atomic E-state index is 0.0273. The fraction of sp³-hybridized carbons (Fsp3) is 0.0417. The molecule has 4 aromatic rings. The van der Waals surface area contributed by atoms with E-state index in [1.165, 1.54) is 0 Å². The Morgan fingerprint density at radius 2 is 1.38 bits per heavy atom. The van der Waals surface area contributed by atoms with E-state index in [1.54, 1.807) is 0 Å². The monoisotopic (exact) mass is 401 g/mol. The summed E-state index contributed by atoms with van der Waals surface area (Å²) in [6.45, 7) is 0.251. The van der Waals surface area contributed by atoms with Crippen LogP contribution in [0.2, 0.25) is 5.02 Å². The molecular weight excluding hydrogens is 386 g/mol. The van der Waals surface area contributed by atoms with E-state index in [-0.39, 0.29) is 11.6 Å². The lowest BCUT2D eigenvalue weighted by Gasteiger charge is -2.30. The fourth-order valence-electron chi connectivity index (χ4n) is 3.61. The summed E-state index contributed by atoms with van der Waals surface area (Å²) in [5.74, 6) is 1.18. The molecule has 0 aliphatic carbocycles. The third-order valence-electron chi connectivity index (χ3n) is 4.90. The second kappa shape index (κ2) is 7.15. The molecule has 0 amide bonds. The number of para-hydroxylation sites is 3. The molecule has 1 aromatic heterocycles. The quantitative estimate of drug-likeness (QED) is 0.402. The van der Waals surface area contributed by atoms with Gasteiger partial charge in [-0.3, -0.25) is 0 Å². The first kappa shape index (κ1) is 17.6. The molecule has 3 aromatic carbocycles. The number of nitrogens with zero attached hydrogens (tertiary/aromatic N) is 1. The van der Waals surface area contributed by atoms with Crippen molar-refractivity contribution in [3.05, 3.63) is 106 Å². The first-order chi connectivity index (χ1) is 14.2. The summed E-state index contributed by atoms with van der Waals surface area (Å²) in [5.41, 5.74) is 3.24. The zero-order chi connectivity index (χ0) is 19.8. The Balaban J connectivity index is 1.83. The number of hydrogen-bond donors (Lipinski definition) is 0. The summed E-state index contributed by atoms with van der Waals surface area (Å²) in [6, 6.07) is 27.1. The molecule has 0 saturated heterocycles. The predicted octanol–water partition coefficient (Wildman–Crippen LogP) is 6.32. The van der Waals surface area contributed by atoms with Crippen LogP contribution in [-0.2, 0) is 6.61 Å². The Morgan fingerprint density at radius 1 is 0.793 bits per heavy atom. The van der Waals surface area contributed by atoms with E-state index in [0.717, 1.165) is 22.5 Å². The summed E-state index contributed by atoms with van der Waals surface area (Å²) < 4.78 is 11.6. The molecule has 0 fully saturated rings. The Morgan fingerprint density at radius 3 is 2.03 bits per heavy atom. The van der Waals surface area contributed by atoms with Gasteiger partial charge in [-0.05, 0) is 36.4 Å². The van der Waals surface area contributed by atoms with Crippen molar-refractivity contribution in [3.8, 4) is 17.1 Å². The lowest BCUT2D eigenvalue weighted by Crippen LogP contribution is -2.20. The molecule has 0 radical (unpaired) electrons. The predicted molar refractivity (Wildman–Crippen MR) is 114 cm³/mol. The zero-order valence-corrected chi connectivity index (χ0v) is 16.1. The standard InChI is InChI=1S/C24H16ClNO3/c25-21-22(26(16-9-3-1-4-10-16)17-11-5-2-6-12-17)19-15-28-20-14-8-7-13-18(20)23(19)29-24(21)27/h1-14H,15H2. The van der Waals surface area contributed by atoms with Gasteiger partial charge in [-0.25, -0.2) is 4.79 Å². The van der Waals surface area contributed by atoms with Crippen molar-refractivity contribution in [1.29, 1.82) is 0 Å². The van der Waals surface area contributed by atoms with Crippen LogP contribution in [0.15, 0.2) is 94.1 Å². The fourth-order valence-corrected chi connectivity index (χ4v) is 3.85. The van der Waals surface area contributed by atoms with Gasteiger partial charge in [0.2, 0.25) is 0 Å². The molecule has 5 rings (SSSR count). The summed E-state index contributed by atoms with van der Waals surface area (Å²) in [5, 5.41) is 0.0273. The first-order valence-corrected chi connectivity index (χ1v) is 9.60. The van der Waals surface area contributed by atoms with E-state index < -0.39 is 5.63 Å². The van der Waals surface area contributed by atoms with Gasteiger partial charge in [0.05, 0.1) is 16.8 Å². The number of ether oxygens (including phenoxy) is 1. The van der Waals surface area contributed by atoms with Crippen LogP contribution in [0.5, 0.6) is 5.75 Å². The van der Waals surface area contributed by atoms with Crippen molar-refractivity contribution in [2.45, 2.75) is 6.61 Å². The van der Waals surface area contributed by atoms with Gasteiger partial charge in [0.25, 0.3) is 0 Å². The molecule has 5 heteroatoms. The highest BCUT2D eigenvalue weighted by Gasteiger charge is 2.30. The maximum atomic E-state index is 12.7. The average Bonchev–Trinajstić information content (AvgIpc) is 2.78. The molecule has 1 aliphatic heterocycles. The number of hydrogen-bond acceptors (Lipinski definition) is 4. The minimum atomic E-state index is -0.575. The smallest absolute Gasteiger partial charge is 0.357 e. The summed E-state index contributed by atoms with van der Waals surface area (Å²) >= 11 is 6.55. The highest BCUT2D eigenvalue weighted by Crippen LogP contribution is 2.46. The molecule has 0 unspecified atom stereocenters. The van der Waals surface area contributed by atoms with Crippen LogP contribution < -0.4 is 15.3 Å². The van der Waals surface area contributed by atoms with Gasteiger partial charge in [-0.1, -0.05) is 60.1 Å². The van der Waals surface area contributed by atoms with Crippen LogP contribution >= 0.6 is 11.6 Å². The van der Waals surface area contributed by atoms with Crippen molar-refractivity contribution in [2.24, 2.45) is 0 Å². The highest BCUT2D eigenvalue weighted by molar-refractivity contribution is 6.33. The number of rotatable bonds is 3. The largest absolute Gasteiger partial charge is 0.488 e. The van der Waals surface area contributed by atoms with Crippen LogP contribution in [0.25, 0.3) is 11.3 Å². The van der Waals surface area contributed by atoms with Gasteiger partial charge in [-0.15, -0.1) is 0 Å². The summed E-state index contributed by atoms with van der Waals surface area (Å²) in [6.07, 6.45) is 0. The van der Waals surface area contributed by atoms with Gasteiger partial charge >= 0.3 is 5.63 Å². The van der Waals surface area contributed by atoms with Crippen LogP contribution in [0.3, 0.4) is 0 Å². The van der Waals surface area contributed by atoms with Gasteiger partial charge in [0.1, 0.15) is 12.4 Å². The Kier molecular flexibility index (Phi) is 4.34. The summed E-state index contributed by atoms with van der Waals surface area (Å²) in [4.78, 5) is 14.7. The van der Waals surface area contributed by atoms with Gasteiger partial charge < -0.3 is 14.1 Å². The number of anilines is 3. The van der Waals surface area contributed by atoms with E-state index >= 15 is 0 Å². The summed E-state index contributed by atoms with van der Waals surface area (Å²) in [7, 11) is 0. The normalized spacial score (nSPS) is 11.9. The van der Waals surface area contributed by atoms with E-state index in [0.29, 0.717) is 17.2 Å². The zero-order valence-electron chi connectivity index (χ0n) is 15.3. The van der Waals surface area contributed by atoms with Crippen molar-refractivity contribution < 1.29 is 9.15 Å². The topological polar surface area (TPSA) is 42.7 Å². The van der Waals surface area contributed by atoms with Gasteiger partial charge in [0.15, 0.2) is 10.8 Å². The molecule has 0 N–H and O–H groups in total. The minimum Gasteiger partial charge on any atom is -0.488 e. The second-order valence-electron chi connectivity index (χ2n) is 6.65. The van der Waals surface area contributed by atoms with E-state index in [4.69, 9.17) is 20.8 Å². The molecule has 29 heavy (non-hydrogen) atoms. The molecule has 4 nitrogen and oxygen atoms in total. The Labute approximate surface area is 172 Å². The number of benzene rings is 3. The van der Waals surface area contributed by atoms with Crippen LogP contribution in [0.1, 0.15) is 5.56 Å². The lowest BCUT2D eigenvalue weighted by atomic mass is 10.0. The molecule has 142 valence electrons. The second-order valence-corrected chi connectivity index (χ2v) is 7.03. The van der Waals surface area contributed by atoms with E-state index in [2.05, 4.69) is 0 Å². The maximum Gasteiger partial charge on any atom is 0.357 e. The van der Waals surface area contributed by atoms with Crippen LogP contribution in [-0.4, -0.2) is 0 Å². The van der Waals surface area contributed by atoms with Gasteiger partial charge in [-0.2, -0.15) is 0 Å². The molecule has 0 atom stereocenters. The molecule has 1 aliphatic rings. The average molecular weight is 402 g/mol.